The van der Waals surface area contributed by atoms with E-state index in [-0.39, 0.29) is 18.9 Å². The Balaban J connectivity index is 1.36. The third kappa shape index (κ3) is 44.8. The van der Waals surface area contributed by atoms with Gasteiger partial charge in [0.15, 0.2) is 18.9 Å². The predicted octanol–water partition coefficient (Wildman–Crippen LogP) is 15.5. The third-order valence-electron chi connectivity index (χ3n) is 21.7. The van der Waals surface area contributed by atoms with Crippen LogP contribution in [-0.4, -0.2) is 193 Å². The highest BCUT2D eigenvalue weighted by atomic mass is 16.8. The van der Waals surface area contributed by atoms with Crippen molar-refractivity contribution in [2.75, 3.05) is 26.4 Å². The number of allylic oxidation sites excluding steroid dienone is 5. The van der Waals surface area contributed by atoms with Crippen LogP contribution in [0.4, 0.5) is 0 Å². The van der Waals surface area contributed by atoms with E-state index in [0.29, 0.717) is 12.8 Å². The molecule has 19 nitrogen and oxygen atoms in total. The predicted molar refractivity (Wildman–Crippen MR) is 416 cm³/mol. The number of aliphatic hydroxyl groups excluding tert-OH is 11. The quantitative estimate of drug-likeness (QED) is 0.0199. The zero-order chi connectivity index (χ0) is 75.3. The van der Waals surface area contributed by atoms with Crippen LogP contribution in [-0.2, 0) is 33.2 Å². The van der Waals surface area contributed by atoms with E-state index >= 15 is 0 Å². The smallest absolute Gasteiger partial charge is 0.220 e. The fourth-order valence-corrected chi connectivity index (χ4v) is 14.8. The molecule has 3 aliphatic rings. The largest absolute Gasteiger partial charge is 0.394 e. The third-order valence-corrected chi connectivity index (χ3v) is 21.7. The second-order valence-electron chi connectivity index (χ2n) is 31.0. The molecule has 17 atom stereocenters. The summed E-state index contributed by atoms with van der Waals surface area (Å²) in [4.78, 5) is 13.5. The van der Waals surface area contributed by atoms with Gasteiger partial charge in [-0.25, -0.2) is 0 Å². The van der Waals surface area contributed by atoms with Crippen LogP contribution in [0.15, 0.2) is 36.5 Å². The fourth-order valence-electron chi connectivity index (χ4n) is 14.8. The van der Waals surface area contributed by atoms with Crippen LogP contribution in [0.5, 0.6) is 0 Å². The van der Waals surface area contributed by atoms with E-state index in [1.54, 1.807) is 6.08 Å². The van der Waals surface area contributed by atoms with Crippen molar-refractivity contribution < 1.29 is 89.4 Å². The first-order valence-electron chi connectivity index (χ1n) is 43.2. The van der Waals surface area contributed by atoms with Crippen LogP contribution in [0, 0.1) is 0 Å². The summed E-state index contributed by atoms with van der Waals surface area (Å²) in [7, 11) is 0. The van der Waals surface area contributed by atoms with Crippen molar-refractivity contribution in [3.63, 3.8) is 0 Å². The van der Waals surface area contributed by atoms with Gasteiger partial charge in [-0.05, 0) is 44.9 Å². The van der Waals surface area contributed by atoms with Gasteiger partial charge >= 0.3 is 0 Å². The number of hydrogen-bond acceptors (Lipinski definition) is 18. The van der Waals surface area contributed by atoms with E-state index in [4.69, 9.17) is 28.4 Å². The summed E-state index contributed by atoms with van der Waals surface area (Å²) >= 11 is 0. The lowest BCUT2D eigenvalue weighted by atomic mass is 9.96. The number of hydrogen-bond donors (Lipinski definition) is 12. The van der Waals surface area contributed by atoms with E-state index in [9.17, 15) is 61.0 Å². The highest BCUT2D eigenvalue weighted by molar-refractivity contribution is 5.76. The van der Waals surface area contributed by atoms with Gasteiger partial charge in [-0.2, -0.15) is 0 Å². The molecule has 1 amide bonds. The van der Waals surface area contributed by atoms with Crippen LogP contribution in [0.2, 0.25) is 0 Å². The number of carbonyl (C=O) groups is 1. The lowest BCUT2D eigenvalue weighted by Gasteiger charge is -2.48. The van der Waals surface area contributed by atoms with E-state index in [1.165, 1.54) is 289 Å². The molecular weight excluding hydrogens is 1320 g/mol. The number of aliphatic hydroxyl groups is 11. The Bertz CT molecular complexity index is 2020. The molecule has 17 unspecified atom stereocenters. The molecular formula is C85H159NO18. The van der Waals surface area contributed by atoms with Crippen molar-refractivity contribution in [2.24, 2.45) is 0 Å². The number of amides is 1. The molecule has 3 heterocycles. The Morgan fingerprint density at radius 2 is 0.615 bits per heavy atom. The highest BCUT2D eigenvalue weighted by Crippen LogP contribution is 2.33. The van der Waals surface area contributed by atoms with Crippen molar-refractivity contribution in [1.82, 2.24) is 5.32 Å². The van der Waals surface area contributed by atoms with Gasteiger partial charge in [0, 0.05) is 6.42 Å². The molecule has 0 aliphatic carbocycles. The van der Waals surface area contributed by atoms with E-state index in [1.807, 2.05) is 6.08 Å². The molecule has 104 heavy (non-hydrogen) atoms. The van der Waals surface area contributed by atoms with Crippen molar-refractivity contribution in [1.29, 1.82) is 0 Å². The Labute approximate surface area is 631 Å². The Hall–Kier alpha value is -1.99. The molecule has 0 aromatic carbocycles. The fraction of sp³-hybridized carbons (Fsp3) is 0.918. The van der Waals surface area contributed by atoms with E-state index in [2.05, 4.69) is 43.5 Å². The molecule has 0 saturated carbocycles. The second kappa shape index (κ2) is 65.7. The summed E-state index contributed by atoms with van der Waals surface area (Å²) in [5.74, 6) is -0.282. The molecule has 0 aromatic heterocycles. The van der Waals surface area contributed by atoms with Crippen molar-refractivity contribution in [3.8, 4) is 0 Å². The van der Waals surface area contributed by atoms with Gasteiger partial charge < -0.3 is 89.9 Å². The molecule has 12 N–H and O–H groups in total. The summed E-state index contributed by atoms with van der Waals surface area (Å²) < 4.78 is 34.5. The molecule has 0 aromatic rings. The maximum Gasteiger partial charge on any atom is 0.220 e. The number of carbonyl (C=O) groups excluding carboxylic acids is 1. The van der Waals surface area contributed by atoms with Crippen LogP contribution in [0.25, 0.3) is 0 Å². The minimum absolute atomic E-state index is 0.236. The average Bonchev–Trinajstić information content (AvgIpc) is 0.783. The normalized spacial score (nSPS) is 26.0. The first-order valence-corrected chi connectivity index (χ1v) is 43.2. The number of nitrogens with one attached hydrogen (secondary N) is 1. The molecule has 0 bridgehead atoms. The van der Waals surface area contributed by atoms with Gasteiger partial charge in [0.1, 0.15) is 73.2 Å². The molecule has 0 radical (unpaired) electrons. The maximum atomic E-state index is 13.5. The highest BCUT2D eigenvalue weighted by Gasteiger charge is 2.54. The molecule has 19 heteroatoms. The molecule has 3 aliphatic heterocycles. The lowest BCUT2D eigenvalue weighted by molar-refractivity contribution is -0.379. The molecule has 3 saturated heterocycles. The SMILES string of the molecule is CCCCCCCCCCCCCCCCCCCCCCCCC/C=C/CC/C=C/CC/C=C/C(O)C(COC1OC(CO)C(OC2OC(CO)C(OC3OC(CO)C(O)C(O)C3O)C(O)C2O)C(O)C1O)NC(=O)CCCCCCCCCCCCCCCCCCCCCCCCCCCC. The zero-order valence-corrected chi connectivity index (χ0v) is 65.8. The van der Waals surface area contributed by atoms with Gasteiger partial charge in [-0.3, -0.25) is 4.79 Å². The zero-order valence-electron chi connectivity index (χ0n) is 65.8. The van der Waals surface area contributed by atoms with Crippen LogP contribution in [0.1, 0.15) is 367 Å². The molecule has 612 valence electrons. The van der Waals surface area contributed by atoms with Crippen molar-refractivity contribution in [3.05, 3.63) is 36.5 Å². The van der Waals surface area contributed by atoms with Crippen LogP contribution in [0.3, 0.4) is 0 Å². The van der Waals surface area contributed by atoms with Gasteiger partial charge in [-0.1, -0.05) is 352 Å². The van der Waals surface area contributed by atoms with E-state index < -0.39 is 124 Å². The monoisotopic (exact) mass is 1480 g/mol. The topological polar surface area (TPSA) is 307 Å². The van der Waals surface area contributed by atoms with Crippen molar-refractivity contribution in [2.45, 2.75) is 471 Å². The number of ether oxygens (including phenoxy) is 6. The Morgan fingerprint density at radius 3 is 0.962 bits per heavy atom. The van der Waals surface area contributed by atoms with Gasteiger partial charge in [-0.15, -0.1) is 0 Å². The number of rotatable bonds is 70. The summed E-state index contributed by atoms with van der Waals surface area (Å²) in [5.41, 5.74) is 0. The summed E-state index contributed by atoms with van der Waals surface area (Å²) in [6, 6.07) is -0.996. The first kappa shape index (κ1) is 96.2. The standard InChI is InChI=1S/C85H159NO18/c1-3-5-7-9-11-13-15-17-19-21-23-25-27-29-31-32-33-34-35-36-37-38-40-42-44-46-48-50-52-54-56-58-60-62-69(90)68(86-73(91)63-61-59-57-55-53-51-49-47-45-43-41-39-30-28-26-24-22-20-18-16-14-12-10-8-6-4-2)67-99-83-79(97)76(94)81(71(65-88)101-83)104-85-80(98)77(95)82(72(66-89)102-85)103-84-78(96)75(93)74(92)70(64-87)100-84/h44,46,52,54,60,62,68-72,74-85,87-90,92-98H,3-43,45,47-51,53,55-59,61,63-67H2,1-2H3,(H,86,91)/b46-44+,54-52+,62-60+. The molecule has 3 rings (SSSR count). The summed E-state index contributed by atoms with van der Waals surface area (Å²) in [6.07, 6.45) is 55.9. The Kier molecular flexibility index (Phi) is 60.8. The van der Waals surface area contributed by atoms with Crippen molar-refractivity contribution >= 4 is 5.91 Å². The van der Waals surface area contributed by atoms with Gasteiger partial charge in [0.2, 0.25) is 5.91 Å². The van der Waals surface area contributed by atoms with E-state index in [0.717, 1.165) is 44.9 Å². The Morgan fingerprint density at radius 1 is 0.337 bits per heavy atom. The van der Waals surface area contributed by atoms with Gasteiger partial charge in [0.05, 0.1) is 38.6 Å². The summed E-state index contributed by atoms with van der Waals surface area (Å²) in [5, 5.41) is 121. The van der Waals surface area contributed by atoms with Crippen LogP contribution < -0.4 is 5.32 Å². The van der Waals surface area contributed by atoms with Gasteiger partial charge in [0.25, 0.3) is 0 Å². The molecule has 0 spiro atoms. The summed E-state index contributed by atoms with van der Waals surface area (Å²) in [6.45, 7) is 1.78. The lowest BCUT2D eigenvalue weighted by Crippen LogP contribution is -2.66. The minimum atomic E-state index is -1.98. The number of unbranched alkanes of at least 4 members (excludes halogenated alkanes) is 50. The maximum absolute atomic E-state index is 13.5. The second-order valence-corrected chi connectivity index (χ2v) is 31.0. The minimum Gasteiger partial charge on any atom is -0.394 e. The average molecular weight is 1480 g/mol. The first-order chi connectivity index (χ1) is 50.8. The molecule has 3 fully saturated rings. The van der Waals surface area contributed by atoms with Crippen LogP contribution >= 0.6 is 0 Å².